The standard InChI is InChI=1S/C11H9BrN4OS/c12-7-2-1-3-8(6-7)18-11-9(10(13)16-17)14-4-5-15-11/h1-6,17H,(H2,13,16). The third kappa shape index (κ3) is 2.99. The van der Waals surface area contributed by atoms with Crippen LogP contribution in [0.3, 0.4) is 0 Å². The van der Waals surface area contributed by atoms with E-state index in [1.54, 1.807) is 6.20 Å². The lowest BCUT2D eigenvalue weighted by molar-refractivity contribution is 0.318. The van der Waals surface area contributed by atoms with Crippen molar-refractivity contribution in [2.45, 2.75) is 9.92 Å². The summed E-state index contributed by atoms with van der Waals surface area (Å²) in [6.07, 6.45) is 3.06. The molecular formula is C11H9BrN4OS. The van der Waals surface area contributed by atoms with Gasteiger partial charge in [0.25, 0.3) is 0 Å². The van der Waals surface area contributed by atoms with Crippen LogP contribution in [0.15, 0.2) is 56.2 Å². The van der Waals surface area contributed by atoms with Gasteiger partial charge in [0.1, 0.15) is 10.7 Å². The third-order valence-electron chi connectivity index (χ3n) is 2.03. The van der Waals surface area contributed by atoms with E-state index in [1.165, 1.54) is 18.0 Å². The van der Waals surface area contributed by atoms with Gasteiger partial charge in [0.15, 0.2) is 5.84 Å². The summed E-state index contributed by atoms with van der Waals surface area (Å²) >= 11 is 4.80. The summed E-state index contributed by atoms with van der Waals surface area (Å²) < 4.78 is 0.974. The molecule has 0 aliphatic heterocycles. The van der Waals surface area contributed by atoms with E-state index in [9.17, 15) is 0 Å². The van der Waals surface area contributed by atoms with Crippen LogP contribution in [-0.2, 0) is 0 Å². The summed E-state index contributed by atoms with van der Waals surface area (Å²) in [6, 6.07) is 7.76. The maximum absolute atomic E-state index is 8.70. The van der Waals surface area contributed by atoms with Gasteiger partial charge in [-0.05, 0) is 18.2 Å². The maximum atomic E-state index is 8.70. The number of rotatable bonds is 3. The molecule has 18 heavy (non-hydrogen) atoms. The Balaban J connectivity index is 2.35. The average molecular weight is 325 g/mol. The third-order valence-corrected chi connectivity index (χ3v) is 3.50. The van der Waals surface area contributed by atoms with Crippen molar-refractivity contribution in [3.63, 3.8) is 0 Å². The molecule has 0 saturated carbocycles. The fourth-order valence-electron chi connectivity index (χ4n) is 1.27. The van der Waals surface area contributed by atoms with Gasteiger partial charge in [0.05, 0.1) is 0 Å². The molecule has 7 heteroatoms. The van der Waals surface area contributed by atoms with E-state index >= 15 is 0 Å². The van der Waals surface area contributed by atoms with Crippen LogP contribution in [0, 0.1) is 0 Å². The van der Waals surface area contributed by atoms with Crippen molar-refractivity contribution in [1.82, 2.24) is 9.97 Å². The summed E-state index contributed by atoms with van der Waals surface area (Å²) in [5.74, 6) is -0.0550. The Kier molecular flexibility index (Phi) is 4.16. The Labute approximate surface area is 116 Å². The van der Waals surface area contributed by atoms with Crippen molar-refractivity contribution in [3.8, 4) is 0 Å². The van der Waals surface area contributed by atoms with E-state index in [0.717, 1.165) is 9.37 Å². The highest BCUT2D eigenvalue weighted by Crippen LogP contribution is 2.29. The molecule has 0 radical (unpaired) electrons. The number of aromatic nitrogens is 2. The lowest BCUT2D eigenvalue weighted by Crippen LogP contribution is -2.16. The number of benzene rings is 1. The number of nitrogens with zero attached hydrogens (tertiary/aromatic N) is 3. The summed E-state index contributed by atoms with van der Waals surface area (Å²) in [4.78, 5) is 9.23. The molecular weight excluding hydrogens is 316 g/mol. The highest BCUT2D eigenvalue weighted by Gasteiger charge is 2.11. The lowest BCUT2D eigenvalue weighted by atomic mass is 10.4. The number of hydrogen-bond acceptors (Lipinski definition) is 5. The zero-order valence-corrected chi connectivity index (χ0v) is 11.5. The van der Waals surface area contributed by atoms with Crippen LogP contribution in [-0.4, -0.2) is 21.0 Å². The predicted octanol–water partition coefficient (Wildman–Crippen LogP) is 2.48. The van der Waals surface area contributed by atoms with E-state index in [0.29, 0.717) is 10.7 Å². The summed E-state index contributed by atoms with van der Waals surface area (Å²) in [5, 5.41) is 12.2. The highest BCUT2D eigenvalue weighted by molar-refractivity contribution is 9.10. The number of halogens is 1. The molecule has 0 aliphatic carbocycles. The second-order valence-corrected chi connectivity index (χ2v) is 5.23. The Hall–Kier alpha value is -1.60. The van der Waals surface area contributed by atoms with Crippen LogP contribution >= 0.6 is 27.7 Å². The second kappa shape index (κ2) is 5.83. The molecule has 2 rings (SSSR count). The smallest absolute Gasteiger partial charge is 0.191 e. The van der Waals surface area contributed by atoms with E-state index in [2.05, 4.69) is 31.1 Å². The van der Waals surface area contributed by atoms with Gasteiger partial charge in [0.2, 0.25) is 0 Å². The molecule has 0 atom stereocenters. The van der Waals surface area contributed by atoms with Crippen molar-refractivity contribution < 1.29 is 5.21 Å². The first-order valence-electron chi connectivity index (χ1n) is 4.93. The fourth-order valence-corrected chi connectivity index (χ4v) is 2.74. The maximum Gasteiger partial charge on any atom is 0.191 e. The van der Waals surface area contributed by atoms with E-state index < -0.39 is 0 Å². The van der Waals surface area contributed by atoms with Crippen LogP contribution in [0.5, 0.6) is 0 Å². The van der Waals surface area contributed by atoms with Crippen molar-refractivity contribution in [2.75, 3.05) is 0 Å². The summed E-state index contributed by atoms with van der Waals surface area (Å²) in [5.41, 5.74) is 5.92. The molecule has 92 valence electrons. The van der Waals surface area contributed by atoms with Gasteiger partial charge >= 0.3 is 0 Å². The predicted molar refractivity (Wildman–Crippen MR) is 72.8 cm³/mol. The number of nitrogens with two attached hydrogens (primary N) is 1. The molecule has 0 unspecified atom stereocenters. The van der Waals surface area contributed by atoms with E-state index in [-0.39, 0.29) is 5.84 Å². The molecule has 1 aromatic carbocycles. The summed E-state index contributed by atoms with van der Waals surface area (Å²) in [7, 11) is 0. The first kappa shape index (κ1) is 12.8. The van der Waals surface area contributed by atoms with Gasteiger partial charge in [-0.25, -0.2) is 9.97 Å². The molecule has 3 N–H and O–H groups in total. The van der Waals surface area contributed by atoms with Gasteiger partial charge in [-0.2, -0.15) is 0 Å². The minimum atomic E-state index is -0.0550. The van der Waals surface area contributed by atoms with Gasteiger partial charge in [-0.15, -0.1) is 0 Å². The van der Waals surface area contributed by atoms with Crippen molar-refractivity contribution in [1.29, 1.82) is 0 Å². The van der Waals surface area contributed by atoms with Gasteiger partial charge in [-0.1, -0.05) is 38.9 Å². The van der Waals surface area contributed by atoms with Crippen molar-refractivity contribution in [2.24, 2.45) is 10.9 Å². The fraction of sp³-hybridized carbons (Fsp3) is 0. The van der Waals surface area contributed by atoms with E-state index in [4.69, 9.17) is 10.9 Å². The minimum Gasteiger partial charge on any atom is -0.409 e. The average Bonchev–Trinajstić information content (AvgIpc) is 2.38. The molecule has 2 aromatic rings. The first-order chi connectivity index (χ1) is 8.70. The summed E-state index contributed by atoms with van der Waals surface area (Å²) in [6.45, 7) is 0. The SMILES string of the molecule is N/C(=N/O)c1nccnc1Sc1cccc(Br)c1. The molecule has 0 spiro atoms. The second-order valence-electron chi connectivity index (χ2n) is 3.25. The minimum absolute atomic E-state index is 0.0550. The Morgan fingerprint density at radius 1 is 1.33 bits per heavy atom. The lowest BCUT2D eigenvalue weighted by Gasteiger charge is -2.05. The van der Waals surface area contributed by atoms with Crippen LogP contribution < -0.4 is 5.73 Å². The monoisotopic (exact) mass is 324 g/mol. The Bertz CT molecular complexity index is 591. The van der Waals surface area contributed by atoms with Gasteiger partial charge in [-0.3, -0.25) is 0 Å². The zero-order valence-electron chi connectivity index (χ0n) is 9.12. The topological polar surface area (TPSA) is 84.4 Å². The Morgan fingerprint density at radius 3 is 2.83 bits per heavy atom. The molecule has 1 heterocycles. The van der Waals surface area contributed by atoms with Gasteiger partial charge < -0.3 is 10.9 Å². The molecule has 0 aliphatic rings. The van der Waals surface area contributed by atoms with E-state index in [1.807, 2.05) is 24.3 Å². The Morgan fingerprint density at radius 2 is 2.11 bits per heavy atom. The largest absolute Gasteiger partial charge is 0.409 e. The molecule has 1 aromatic heterocycles. The quantitative estimate of drug-likeness (QED) is 0.392. The molecule has 0 fully saturated rings. The van der Waals surface area contributed by atoms with Crippen LogP contribution in [0.1, 0.15) is 5.69 Å². The molecule has 0 bridgehead atoms. The number of oxime groups is 1. The number of amidine groups is 1. The van der Waals surface area contributed by atoms with Gasteiger partial charge in [0, 0.05) is 21.8 Å². The zero-order chi connectivity index (χ0) is 13.0. The van der Waals surface area contributed by atoms with Crippen molar-refractivity contribution >= 4 is 33.5 Å². The number of hydrogen-bond donors (Lipinski definition) is 2. The molecule has 5 nitrogen and oxygen atoms in total. The molecule has 0 saturated heterocycles. The van der Waals surface area contributed by atoms with Crippen LogP contribution in [0.25, 0.3) is 0 Å². The normalized spacial score (nSPS) is 11.5. The first-order valence-corrected chi connectivity index (χ1v) is 6.54. The highest BCUT2D eigenvalue weighted by atomic mass is 79.9. The van der Waals surface area contributed by atoms with Crippen LogP contribution in [0.2, 0.25) is 0 Å². The molecule has 0 amide bonds. The van der Waals surface area contributed by atoms with Crippen LogP contribution in [0.4, 0.5) is 0 Å². The van der Waals surface area contributed by atoms with Crippen molar-refractivity contribution in [3.05, 3.63) is 46.8 Å².